The van der Waals surface area contributed by atoms with E-state index in [1.165, 1.54) is 0 Å². The highest BCUT2D eigenvalue weighted by atomic mass is 35.5. The third-order valence-electron chi connectivity index (χ3n) is 2.00. The summed E-state index contributed by atoms with van der Waals surface area (Å²) in [5, 5.41) is -0.261. The van der Waals surface area contributed by atoms with Crippen LogP contribution in [0.2, 0.25) is 0 Å². The summed E-state index contributed by atoms with van der Waals surface area (Å²) in [5.41, 5.74) is 6.46. The van der Waals surface area contributed by atoms with Gasteiger partial charge in [0.1, 0.15) is 10.7 Å². The molecule has 15 heavy (non-hydrogen) atoms. The summed E-state index contributed by atoms with van der Waals surface area (Å²) in [4.78, 5) is 22.1. The molecular weight excluding hydrogens is 214 g/mol. The Kier molecular flexibility index (Phi) is 3.63. The summed E-state index contributed by atoms with van der Waals surface area (Å²) in [6.07, 6.45) is 0.354. The van der Waals surface area contributed by atoms with Crippen molar-refractivity contribution in [2.75, 3.05) is 0 Å². The van der Waals surface area contributed by atoms with Crippen LogP contribution >= 0.6 is 11.6 Å². The van der Waals surface area contributed by atoms with Gasteiger partial charge in [-0.3, -0.25) is 9.59 Å². The van der Waals surface area contributed by atoms with Crippen molar-refractivity contribution in [1.29, 1.82) is 0 Å². The minimum Gasteiger partial charge on any atom is -0.394 e. The smallest absolute Gasteiger partial charge is 0.210 e. The standard InChI is InChI=1S/C11H10ClNO2/c1-7-4-2-3-5-8(7)11(15)10(13)9(12)6-14/h2-6H,13H2,1H3/b10-9-. The molecule has 0 amide bonds. The number of Topliss-reactive ketones (excluding diaryl/α,β-unsaturated/α-hetero) is 1. The van der Waals surface area contributed by atoms with E-state index in [1.54, 1.807) is 25.1 Å². The summed E-state index contributed by atoms with van der Waals surface area (Å²) in [7, 11) is 0. The van der Waals surface area contributed by atoms with Crippen LogP contribution in [-0.4, -0.2) is 12.1 Å². The number of aldehydes is 1. The Morgan fingerprint density at radius 3 is 2.53 bits per heavy atom. The number of allylic oxidation sites excluding steroid dienone is 2. The molecular formula is C11H10ClNO2. The average molecular weight is 224 g/mol. The second-order valence-corrected chi connectivity index (χ2v) is 3.43. The quantitative estimate of drug-likeness (QED) is 0.483. The normalized spacial score (nSPS) is 11.9. The largest absolute Gasteiger partial charge is 0.394 e. The van der Waals surface area contributed by atoms with Crippen molar-refractivity contribution in [2.24, 2.45) is 5.73 Å². The molecule has 0 spiro atoms. The molecule has 1 aromatic carbocycles. The van der Waals surface area contributed by atoms with Crippen molar-refractivity contribution < 1.29 is 9.59 Å². The molecule has 0 aliphatic rings. The zero-order chi connectivity index (χ0) is 11.4. The van der Waals surface area contributed by atoms with Gasteiger partial charge in [-0.2, -0.15) is 0 Å². The van der Waals surface area contributed by atoms with Crippen LogP contribution in [-0.2, 0) is 4.79 Å². The highest BCUT2D eigenvalue weighted by molar-refractivity contribution is 6.41. The lowest BCUT2D eigenvalue weighted by Gasteiger charge is -2.04. The molecule has 0 aliphatic heterocycles. The first-order valence-corrected chi connectivity index (χ1v) is 4.66. The van der Waals surface area contributed by atoms with Crippen LogP contribution in [0.15, 0.2) is 35.0 Å². The van der Waals surface area contributed by atoms with E-state index in [4.69, 9.17) is 17.3 Å². The van der Waals surface area contributed by atoms with E-state index in [0.29, 0.717) is 11.8 Å². The molecule has 0 aromatic heterocycles. The molecule has 0 bridgehead atoms. The van der Waals surface area contributed by atoms with Crippen molar-refractivity contribution in [2.45, 2.75) is 6.92 Å². The lowest BCUT2D eigenvalue weighted by Crippen LogP contribution is -2.14. The summed E-state index contributed by atoms with van der Waals surface area (Å²) < 4.78 is 0. The molecule has 78 valence electrons. The van der Waals surface area contributed by atoms with Crippen molar-refractivity contribution >= 4 is 23.7 Å². The van der Waals surface area contributed by atoms with Gasteiger partial charge in [0.25, 0.3) is 0 Å². The molecule has 0 aliphatic carbocycles. The number of ketones is 1. The number of rotatable bonds is 3. The summed E-state index contributed by atoms with van der Waals surface area (Å²) >= 11 is 5.48. The van der Waals surface area contributed by atoms with Crippen LogP contribution in [0, 0.1) is 6.92 Å². The van der Waals surface area contributed by atoms with Crippen molar-refractivity contribution in [3.8, 4) is 0 Å². The molecule has 3 nitrogen and oxygen atoms in total. The SMILES string of the molecule is Cc1ccccc1C(=O)/C(N)=C(/Cl)C=O. The first-order chi connectivity index (χ1) is 7.07. The topological polar surface area (TPSA) is 60.2 Å². The van der Waals surface area contributed by atoms with Crippen LogP contribution in [0.3, 0.4) is 0 Å². The maximum Gasteiger partial charge on any atom is 0.210 e. The molecule has 1 rings (SSSR count). The van der Waals surface area contributed by atoms with E-state index in [2.05, 4.69) is 0 Å². The van der Waals surface area contributed by atoms with Crippen molar-refractivity contribution in [3.05, 3.63) is 46.1 Å². The van der Waals surface area contributed by atoms with Gasteiger partial charge in [-0.25, -0.2) is 0 Å². The molecule has 1 aromatic rings. The Balaban J connectivity index is 3.17. The molecule has 2 N–H and O–H groups in total. The van der Waals surface area contributed by atoms with Crippen molar-refractivity contribution in [3.63, 3.8) is 0 Å². The molecule has 0 atom stereocenters. The van der Waals surface area contributed by atoms with E-state index in [0.717, 1.165) is 5.56 Å². The lowest BCUT2D eigenvalue weighted by atomic mass is 10.0. The van der Waals surface area contributed by atoms with Gasteiger partial charge < -0.3 is 5.73 Å². The number of hydrogen-bond acceptors (Lipinski definition) is 3. The Hall–Kier alpha value is -1.61. The first kappa shape index (κ1) is 11.5. The van der Waals surface area contributed by atoms with Crippen LogP contribution in [0.25, 0.3) is 0 Å². The molecule has 0 saturated carbocycles. The number of aryl methyl sites for hydroxylation is 1. The fourth-order valence-electron chi connectivity index (χ4n) is 1.14. The van der Waals surface area contributed by atoms with Crippen LogP contribution in [0.4, 0.5) is 0 Å². The Morgan fingerprint density at radius 2 is 2.00 bits per heavy atom. The fraction of sp³-hybridized carbons (Fsp3) is 0.0909. The number of nitrogens with two attached hydrogens (primary N) is 1. The molecule has 0 radical (unpaired) electrons. The number of halogens is 1. The second kappa shape index (κ2) is 4.75. The van der Waals surface area contributed by atoms with E-state index in [1.807, 2.05) is 6.07 Å². The molecule has 0 unspecified atom stereocenters. The number of hydrogen-bond donors (Lipinski definition) is 1. The first-order valence-electron chi connectivity index (χ1n) is 4.28. The minimum absolute atomic E-state index is 0.221. The van der Waals surface area contributed by atoms with Crippen molar-refractivity contribution in [1.82, 2.24) is 0 Å². The van der Waals surface area contributed by atoms with E-state index in [9.17, 15) is 9.59 Å². The van der Waals surface area contributed by atoms with Crippen LogP contribution < -0.4 is 5.73 Å². The molecule has 0 fully saturated rings. The maximum atomic E-state index is 11.7. The summed E-state index contributed by atoms with van der Waals surface area (Å²) in [5.74, 6) is -0.426. The van der Waals surface area contributed by atoms with E-state index < -0.39 is 5.78 Å². The predicted molar refractivity (Wildman–Crippen MR) is 58.6 cm³/mol. The van der Waals surface area contributed by atoms with Gasteiger partial charge in [-0.05, 0) is 12.5 Å². The Bertz CT molecular complexity index is 438. The van der Waals surface area contributed by atoms with Crippen LogP contribution in [0.1, 0.15) is 15.9 Å². The summed E-state index contributed by atoms with van der Waals surface area (Å²) in [6, 6.07) is 6.96. The van der Waals surface area contributed by atoms with Gasteiger partial charge in [0.2, 0.25) is 5.78 Å². The predicted octanol–water partition coefficient (Wildman–Crippen LogP) is 1.79. The monoisotopic (exact) mass is 223 g/mol. The minimum atomic E-state index is -0.426. The van der Waals surface area contributed by atoms with Gasteiger partial charge in [0, 0.05) is 5.56 Å². The highest BCUT2D eigenvalue weighted by Crippen LogP contribution is 2.13. The van der Waals surface area contributed by atoms with E-state index >= 15 is 0 Å². The Labute approximate surface area is 92.5 Å². The van der Waals surface area contributed by atoms with Gasteiger partial charge >= 0.3 is 0 Å². The third-order valence-corrected chi connectivity index (χ3v) is 2.29. The van der Waals surface area contributed by atoms with Gasteiger partial charge in [0.05, 0.1) is 0 Å². The molecule has 0 heterocycles. The van der Waals surface area contributed by atoms with Gasteiger partial charge in [0.15, 0.2) is 6.29 Å². The maximum absolute atomic E-state index is 11.7. The van der Waals surface area contributed by atoms with Gasteiger partial charge in [-0.15, -0.1) is 0 Å². The average Bonchev–Trinajstić information content (AvgIpc) is 2.26. The summed E-state index contributed by atoms with van der Waals surface area (Å²) in [6.45, 7) is 1.79. The number of carbonyl (C=O) groups is 2. The van der Waals surface area contributed by atoms with E-state index in [-0.39, 0.29) is 10.7 Å². The molecule has 4 heteroatoms. The van der Waals surface area contributed by atoms with Gasteiger partial charge in [-0.1, -0.05) is 35.9 Å². The van der Waals surface area contributed by atoms with Crippen LogP contribution in [0.5, 0.6) is 0 Å². The highest BCUT2D eigenvalue weighted by Gasteiger charge is 2.14. The third kappa shape index (κ3) is 2.44. The lowest BCUT2D eigenvalue weighted by molar-refractivity contribution is -0.104. The molecule has 0 saturated heterocycles. The second-order valence-electron chi connectivity index (χ2n) is 3.02. The zero-order valence-electron chi connectivity index (χ0n) is 8.16. The number of carbonyl (C=O) groups excluding carboxylic acids is 2. The zero-order valence-corrected chi connectivity index (χ0v) is 8.91. The Morgan fingerprint density at radius 1 is 1.40 bits per heavy atom. The fourth-order valence-corrected chi connectivity index (χ4v) is 1.23. The number of benzene rings is 1.